The van der Waals surface area contributed by atoms with E-state index in [9.17, 15) is 4.79 Å². The molecule has 0 spiro atoms. The minimum atomic E-state index is -0.169. The molecule has 2 aliphatic heterocycles. The lowest BCUT2D eigenvalue weighted by atomic mass is 10.0. The zero-order valence-corrected chi connectivity index (χ0v) is 12.0. The average Bonchev–Trinajstić information content (AvgIpc) is 2.48. The topological polar surface area (TPSA) is 53.6 Å². The molecule has 0 aromatic rings. The van der Waals surface area contributed by atoms with Crippen molar-refractivity contribution in [1.29, 1.82) is 0 Å². The summed E-state index contributed by atoms with van der Waals surface area (Å²) in [6, 6.07) is 0.541. The van der Waals surface area contributed by atoms with E-state index in [1.54, 1.807) is 0 Å². The van der Waals surface area contributed by atoms with Crippen LogP contribution in [0.2, 0.25) is 0 Å². The molecule has 0 saturated carbocycles. The molecular formula is C14H27N3O2. The predicted molar refractivity (Wildman–Crippen MR) is 75.1 cm³/mol. The predicted octanol–water partition coefficient (Wildman–Crippen LogP) is 0.356. The summed E-state index contributed by atoms with van der Waals surface area (Å²) in [6.07, 6.45) is 5.17. The molecule has 5 nitrogen and oxygen atoms in total. The van der Waals surface area contributed by atoms with Crippen molar-refractivity contribution in [2.24, 2.45) is 0 Å². The van der Waals surface area contributed by atoms with Crippen LogP contribution in [0.25, 0.3) is 0 Å². The van der Waals surface area contributed by atoms with Crippen molar-refractivity contribution in [2.75, 3.05) is 39.4 Å². The SMILES string of the molecule is CCC1CCCCN1CCNC(=O)C1COCCN1. The Morgan fingerprint density at radius 2 is 2.37 bits per heavy atom. The number of morpholine rings is 1. The number of rotatable bonds is 5. The number of ether oxygens (including phenoxy) is 1. The minimum Gasteiger partial charge on any atom is -0.378 e. The quantitative estimate of drug-likeness (QED) is 0.756. The Morgan fingerprint density at radius 3 is 3.11 bits per heavy atom. The van der Waals surface area contributed by atoms with E-state index in [1.807, 2.05) is 0 Å². The minimum absolute atomic E-state index is 0.0738. The first-order valence-corrected chi connectivity index (χ1v) is 7.64. The molecule has 2 saturated heterocycles. The monoisotopic (exact) mass is 269 g/mol. The number of carbonyl (C=O) groups excluding carboxylic acids is 1. The van der Waals surface area contributed by atoms with Crippen LogP contribution < -0.4 is 10.6 Å². The van der Waals surface area contributed by atoms with Crippen molar-refractivity contribution in [3.05, 3.63) is 0 Å². The van der Waals surface area contributed by atoms with E-state index in [0.29, 0.717) is 19.3 Å². The molecule has 2 unspecified atom stereocenters. The second-order valence-corrected chi connectivity index (χ2v) is 5.47. The first-order valence-electron chi connectivity index (χ1n) is 7.64. The van der Waals surface area contributed by atoms with Crippen molar-refractivity contribution in [1.82, 2.24) is 15.5 Å². The third kappa shape index (κ3) is 4.44. The second-order valence-electron chi connectivity index (χ2n) is 5.47. The largest absolute Gasteiger partial charge is 0.378 e. The summed E-state index contributed by atoms with van der Waals surface area (Å²) in [5.41, 5.74) is 0. The van der Waals surface area contributed by atoms with Gasteiger partial charge in [0.05, 0.1) is 13.2 Å². The molecule has 0 radical (unpaired) electrons. The molecule has 5 heteroatoms. The van der Waals surface area contributed by atoms with Gasteiger partial charge in [-0.1, -0.05) is 13.3 Å². The van der Waals surface area contributed by atoms with Gasteiger partial charge in [0.2, 0.25) is 5.91 Å². The first-order chi connectivity index (χ1) is 9.31. The molecule has 0 bridgehead atoms. The molecule has 19 heavy (non-hydrogen) atoms. The van der Waals surface area contributed by atoms with Gasteiger partial charge in [0.15, 0.2) is 0 Å². The first kappa shape index (κ1) is 14.8. The van der Waals surface area contributed by atoms with Crippen LogP contribution >= 0.6 is 0 Å². The molecule has 1 amide bonds. The highest BCUT2D eigenvalue weighted by Crippen LogP contribution is 2.18. The van der Waals surface area contributed by atoms with Gasteiger partial charge in [-0.2, -0.15) is 0 Å². The second kappa shape index (κ2) is 7.82. The van der Waals surface area contributed by atoms with Gasteiger partial charge in [0.25, 0.3) is 0 Å². The number of piperidine rings is 1. The van der Waals surface area contributed by atoms with E-state index in [1.165, 1.54) is 32.2 Å². The molecular weight excluding hydrogens is 242 g/mol. The summed E-state index contributed by atoms with van der Waals surface area (Å²) in [5.74, 6) is 0.0738. The summed E-state index contributed by atoms with van der Waals surface area (Å²) in [7, 11) is 0. The zero-order chi connectivity index (χ0) is 13.5. The fourth-order valence-electron chi connectivity index (χ4n) is 3.00. The number of likely N-dealkylation sites (tertiary alicyclic amines) is 1. The number of amides is 1. The molecule has 2 atom stereocenters. The van der Waals surface area contributed by atoms with Crippen LogP contribution in [-0.2, 0) is 9.53 Å². The Balaban J connectivity index is 1.65. The number of hydrogen-bond acceptors (Lipinski definition) is 4. The van der Waals surface area contributed by atoms with Gasteiger partial charge in [-0.15, -0.1) is 0 Å². The summed E-state index contributed by atoms with van der Waals surface area (Å²) in [6.45, 7) is 7.11. The summed E-state index contributed by atoms with van der Waals surface area (Å²) >= 11 is 0. The van der Waals surface area contributed by atoms with E-state index < -0.39 is 0 Å². The molecule has 0 aliphatic carbocycles. The summed E-state index contributed by atoms with van der Waals surface area (Å²) in [4.78, 5) is 14.4. The lowest BCUT2D eigenvalue weighted by molar-refractivity contribution is -0.126. The van der Waals surface area contributed by atoms with Crippen LogP contribution in [0.15, 0.2) is 0 Å². The van der Waals surface area contributed by atoms with Gasteiger partial charge >= 0.3 is 0 Å². The maximum Gasteiger partial charge on any atom is 0.239 e. The molecule has 0 aromatic carbocycles. The van der Waals surface area contributed by atoms with E-state index in [4.69, 9.17) is 4.74 Å². The van der Waals surface area contributed by atoms with Crippen molar-refractivity contribution in [3.8, 4) is 0 Å². The van der Waals surface area contributed by atoms with Crippen molar-refractivity contribution in [3.63, 3.8) is 0 Å². The molecule has 2 N–H and O–H groups in total. The Bertz CT molecular complexity index is 280. The standard InChI is InChI=1S/C14H27N3O2/c1-2-12-5-3-4-8-17(12)9-6-16-14(18)13-11-19-10-7-15-13/h12-13,15H,2-11H2,1H3,(H,16,18). The number of carbonyl (C=O) groups is 1. The van der Waals surface area contributed by atoms with Crippen LogP contribution in [0.3, 0.4) is 0 Å². The van der Waals surface area contributed by atoms with Crippen molar-refractivity contribution >= 4 is 5.91 Å². The Morgan fingerprint density at radius 1 is 1.47 bits per heavy atom. The van der Waals surface area contributed by atoms with Crippen LogP contribution in [0.1, 0.15) is 32.6 Å². The Kier molecular flexibility index (Phi) is 6.07. The highest BCUT2D eigenvalue weighted by atomic mass is 16.5. The molecule has 2 heterocycles. The Hall–Kier alpha value is -0.650. The average molecular weight is 269 g/mol. The molecule has 2 rings (SSSR count). The van der Waals surface area contributed by atoms with E-state index in [-0.39, 0.29) is 11.9 Å². The van der Waals surface area contributed by atoms with Gasteiger partial charge in [0.1, 0.15) is 6.04 Å². The van der Waals surface area contributed by atoms with Gasteiger partial charge < -0.3 is 15.4 Å². The molecule has 2 aliphatic rings. The van der Waals surface area contributed by atoms with Gasteiger partial charge in [-0.05, 0) is 25.8 Å². The lowest BCUT2D eigenvalue weighted by Crippen LogP contribution is -2.52. The molecule has 110 valence electrons. The maximum absolute atomic E-state index is 11.9. The van der Waals surface area contributed by atoms with Crippen LogP contribution in [0, 0.1) is 0 Å². The van der Waals surface area contributed by atoms with Gasteiger partial charge in [-0.3, -0.25) is 9.69 Å². The fraction of sp³-hybridized carbons (Fsp3) is 0.929. The highest BCUT2D eigenvalue weighted by molar-refractivity contribution is 5.81. The van der Waals surface area contributed by atoms with Crippen LogP contribution in [0.5, 0.6) is 0 Å². The Labute approximate surface area is 116 Å². The van der Waals surface area contributed by atoms with Crippen molar-refractivity contribution < 1.29 is 9.53 Å². The third-order valence-electron chi connectivity index (χ3n) is 4.16. The highest BCUT2D eigenvalue weighted by Gasteiger charge is 2.22. The normalized spacial score (nSPS) is 29.1. The van der Waals surface area contributed by atoms with E-state index in [0.717, 1.165) is 19.6 Å². The van der Waals surface area contributed by atoms with E-state index >= 15 is 0 Å². The van der Waals surface area contributed by atoms with Crippen LogP contribution in [-0.4, -0.2) is 62.3 Å². The zero-order valence-electron chi connectivity index (χ0n) is 12.0. The fourth-order valence-corrected chi connectivity index (χ4v) is 3.00. The molecule has 2 fully saturated rings. The maximum atomic E-state index is 11.9. The molecule has 0 aromatic heterocycles. The van der Waals surface area contributed by atoms with Gasteiger partial charge in [-0.25, -0.2) is 0 Å². The summed E-state index contributed by atoms with van der Waals surface area (Å²) < 4.78 is 5.30. The summed E-state index contributed by atoms with van der Waals surface area (Å²) in [5, 5.41) is 6.20. The van der Waals surface area contributed by atoms with Crippen LogP contribution in [0.4, 0.5) is 0 Å². The lowest BCUT2D eigenvalue weighted by Gasteiger charge is -2.35. The van der Waals surface area contributed by atoms with Gasteiger partial charge in [0, 0.05) is 25.7 Å². The number of nitrogens with one attached hydrogen (secondary N) is 2. The smallest absolute Gasteiger partial charge is 0.239 e. The third-order valence-corrected chi connectivity index (χ3v) is 4.16. The van der Waals surface area contributed by atoms with Crippen molar-refractivity contribution in [2.45, 2.75) is 44.7 Å². The number of hydrogen-bond donors (Lipinski definition) is 2. The number of nitrogens with zero attached hydrogens (tertiary/aromatic N) is 1. The van der Waals surface area contributed by atoms with E-state index in [2.05, 4.69) is 22.5 Å².